The second-order valence-electron chi connectivity index (χ2n) is 6.13. The predicted molar refractivity (Wildman–Crippen MR) is 80.8 cm³/mol. The topological polar surface area (TPSA) is 40.5 Å². The van der Waals surface area contributed by atoms with Crippen LogP contribution in [0.2, 0.25) is 0 Å². The summed E-state index contributed by atoms with van der Waals surface area (Å²) in [5.74, 6) is -0.440. The second-order valence-corrected chi connectivity index (χ2v) is 6.13. The lowest BCUT2D eigenvalue weighted by Gasteiger charge is -2.38. The fraction of sp³-hybridized carbons (Fsp3) is 0.588. The lowest BCUT2D eigenvalue weighted by atomic mass is 9.91. The summed E-state index contributed by atoms with van der Waals surface area (Å²) in [5, 5.41) is 9.02. The SMILES string of the molecule is CC(C(=O)O)c1ccc(CN2CCCC(C)C2C)cc1. The molecule has 0 radical (unpaired) electrons. The van der Waals surface area contributed by atoms with Crippen LogP contribution in [0.3, 0.4) is 0 Å². The monoisotopic (exact) mass is 275 g/mol. The number of hydrogen-bond acceptors (Lipinski definition) is 2. The van der Waals surface area contributed by atoms with Gasteiger partial charge in [0.15, 0.2) is 0 Å². The molecule has 1 fully saturated rings. The van der Waals surface area contributed by atoms with Gasteiger partial charge in [-0.15, -0.1) is 0 Å². The van der Waals surface area contributed by atoms with E-state index in [9.17, 15) is 4.79 Å². The van der Waals surface area contributed by atoms with Crippen LogP contribution in [-0.2, 0) is 11.3 Å². The smallest absolute Gasteiger partial charge is 0.310 e. The molecule has 1 aliphatic rings. The summed E-state index contributed by atoms with van der Waals surface area (Å²) >= 11 is 0. The summed E-state index contributed by atoms with van der Waals surface area (Å²) in [6.45, 7) is 8.50. The standard InChI is InChI=1S/C17H25NO2/c1-12-5-4-10-18(14(12)3)11-15-6-8-16(9-7-15)13(2)17(19)20/h6-9,12-14H,4-5,10-11H2,1-3H3,(H,19,20). The number of carbonyl (C=O) groups is 1. The van der Waals surface area contributed by atoms with Gasteiger partial charge in [0.2, 0.25) is 0 Å². The Kier molecular flexibility index (Phi) is 4.81. The maximum absolute atomic E-state index is 11.0. The van der Waals surface area contributed by atoms with Gasteiger partial charge >= 0.3 is 5.97 Å². The first-order chi connectivity index (χ1) is 9.49. The summed E-state index contributed by atoms with van der Waals surface area (Å²) in [6.07, 6.45) is 2.60. The van der Waals surface area contributed by atoms with Gasteiger partial charge < -0.3 is 5.11 Å². The van der Waals surface area contributed by atoms with Gasteiger partial charge in [0.05, 0.1) is 5.92 Å². The van der Waals surface area contributed by atoms with E-state index in [-0.39, 0.29) is 0 Å². The average Bonchev–Trinajstić information content (AvgIpc) is 2.44. The maximum atomic E-state index is 11.0. The van der Waals surface area contributed by atoms with E-state index in [4.69, 9.17) is 5.11 Å². The Labute approximate surface area is 121 Å². The van der Waals surface area contributed by atoms with Crippen LogP contribution in [0, 0.1) is 5.92 Å². The van der Waals surface area contributed by atoms with E-state index in [1.807, 2.05) is 12.1 Å². The highest BCUT2D eigenvalue weighted by atomic mass is 16.4. The molecule has 1 aromatic rings. The van der Waals surface area contributed by atoms with Crippen molar-refractivity contribution in [1.82, 2.24) is 4.90 Å². The normalized spacial score (nSPS) is 25.4. The van der Waals surface area contributed by atoms with Crippen LogP contribution in [-0.4, -0.2) is 28.6 Å². The molecule has 20 heavy (non-hydrogen) atoms. The summed E-state index contributed by atoms with van der Waals surface area (Å²) in [5.41, 5.74) is 2.15. The molecule has 1 heterocycles. The first-order valence-corrected chi connectivity index (χ1v) is 7.54. The minimum atomic E-state index is -0.767. The third kappa shape index (κ3) is 3.40. The molecule has 1 aliphatic heterocycles. The predicted octanol–water partition coefficient (Wildman–Crippen LogP) is 3.50. The van der Waals surface area contributed by atoms with Gasteiger partial charge in [0, 0.05) is 12.6 Å². The molecule has 0 bridgehead atoms. The first-order valence-electron chi connectivity index (χ1n) is 7.54. The van der Waals surface area contributed by atoms with E-state index in [1.54, 1.807) is 6.92 Å². The fourth-order valence-corrected chi connectivity index (χ4v) is 2.93. The van der Waals surface area contributed by atoms with E-state index < -0.39 is 11.9 Å². The Morgan fingerprint density at radius 2 is 2.00 bits per heavy atom. The van der Waals surface area contributed by atoms with Crippen molar-refractivity contribution < 1.29 is 9.90 Å². The molecular weight excluding hydrogens is 250 g/mol. The first kappa shape index (κ1) is 15.0. The summed E-state index contributed by atoms with van der Waals surface area (Å²) in [7, 11) is 0. The zero-order valence-electron chi connectivity index (χ0n) is 12.7. The third-order valence-electron chi connectivity index (χ3n) is 4.74. The lowest BCUT2D eigenvalue weighted by molar-refractivity contribution is -0.138. The Hall–Kier alpha value is -1.35. The molecule has 0 aromatic heterocycles. The van der Waals surface area contributed by atoms with Gasteiger partial charge in [-0.3, -0.25) is 9.69 Å². The average molecular weight is 275 g/mol. The lowest BCUT2D eigenvalue weighted by Crippen LogP contribution is -2.41. The van der Waals surface area contributed by atoms with Crippen molar-refractivity contribution in [2.45, 2.75) is 52.1 Å². The summed E-state index contributed by atoms with van der Waals surface area (Å²) in [4.78, 5) is 13.5. The Balaban J connectivity index is 2.02. The second kappa shape index (κ2) is 6.40. The van der Waals surface area contributed by atoms with E-state index in [2.05, 4.69) is 30.9 Å². The minimum absolute atomic E-state index is 0.432. The quantitative estimate of drug-likeness (QED) is 0.914. The Morgan fingerprint density at radius 1 is 1.35 bits per heavy atom. The number of nitrogens with zero attached hydrogens (tertiary/aromatic N) is 1. The summed E-state index contributed by atoms with van der Waals surface area (Å²) in [6, 6.07) is 8.67. The van der Waals surface area contributed by atoms with Crippen LogP contribution in [0.5, 0.6) is 0 Å². The van der Waals surface area contributed by atoms with Crippen LogP contribution in [0.4, 0.5) is 0 Å². The third-order valence-corrected chi connectivity index (χ3v) is 4.74. The van der Waals surface area contributed by atoms with Crippen molar-refractivity contribution in [1.29, 1.82) is 0 Å². The van der Waals surface area contributed by atoms with E-state index in [0.29, 0.717) is 6.04 Å². The maximum Gasteiger partial charge on any atom is 0.310 e. The van der Waals surface area contributed by atoms with Crippen LogP contribution < -0.4 is 0 Å². The van der Waals surface area contributed by atoms with Gasteiger partial charge in [0.25, 0.3) is 0 Å². The van der Waals surface area contributed by atoms with Crippen molar-refractivity contribution in [3.63, 3.8) is 0 Å². The van der Waals surface area contributed by atoms with E-state index in [0.717, 1.165) is 18.0 Å². The van der Waals surface area contributed by atoms with Crippen molar-refractivity contribution in [2.75, 3.05) is 6.54 Å². The molecule has 0 spiro atoms. The van der Waals surface area contributed by atoms with Gasteiger partial charge in [-0.2, -0.15) is 0 Å². The highest BCUT2D eigenvalue weighted by Crippen LogP contribution is 2.25. The molecule has 1 saturated heterocycles. The number of piperidine rings is 1. The molecule has 2 rings (SSSR count). The highest BCUT2D eigenvalue weighted by Gasteiger charge is 2.24. The molecular formula is C17H25NO2. The zero-order chi connectivity index (χ0) is 14.7. The van der Waals surface area contributed by atoms with Gasteiger partial charge in [0.1, 0.15) is 0 Å². The zero-order valence-corrected chi connectivity index (χ0v) is 12.7. The van der Waals surface area contributed by atoms with Crippen molar-refractivity contribution in [3.05, 3.63) is 35.4 Å². The van der Waals surface area contributed by atoms with Crippen LogP contribution in [0.1, 0.15) is 50.7 Å². The Morgan fingerprint density at radius 3 is 2.60 bits per heavy atom. The number of carboxylic acids is 1. The molecule has 0 aliphatic carbocycles. The van der Waals surface area contributed by atoms with E-state index >= 15 is 0 Å². The van der Waals surface area contributed by atoms with Gasteiger partial charge in [-0.1, -0.05) is 31.2 Å². The molecule has 110 valence electrons. The number of hydrogen-bond donors (Lipinski definition) is 1. The molecule has 1 N–H and O–H groups in total. The molecule has 3 heteroatoms. The van der Waals surface area contributed by atoms with Crippen LogP contribution >= 0.6 is 0 Å². The molecule has 3 unspecified atom stereocenters. The van der Waals surface area contributed by atoms with Crippen molar-refractivity contribution in [2.24, 2.45) is 5.92 Å². The number of rotatable bonds is 4. The van der Waals surface area contributed by atoms with Gasteiger partial charge in [-0.05, 0) is 50.3 Å². The van der Waals surface area contributed by atoms with Crippen LogP contribution in [0.15, 0.2) is 24.3 Å². The highest BCUT2D eigenvalue weighted by molar-refractivity contribution is 5.75. The number of carboxylic acid groups (broad SMARTS) is 1. The van der Waals surface area contributed by atoms with Crippen molar-refractivity contribution in [3.8, 4) is 0 Å². The molecule has 0 amide bonds. The summed E-state index contributed by atoms with van der Waals surface area (Å²) < 4.78 is 0. The largest absolute Gasteiger partial charge is 0.481 e. The van der Waals surface area contributed by atoms with Gasteiger partial charge in [-0.25, -0.2) is 0 Å². The minimum Gasteiger partial charge on any atom is -0.481 e. The molecule has 3 atom stereocenters. The molecule has 1 aromatic carbocycles. The van der Waals surface area contributed by atoms with Crippen LogP contribution in [0.25, 0.3) is 0 Å². The number of likely N-dealkylation sites (tertiary alicyclic amines) is 1. The van der Waals surface area contributed by atoms with E-state index in [1.165, 1.54) is 24.9 Å². The fourth-order valence-electron chi connectivity index (χ4n) is 2.93. The molecule has 0 saturated carbocycles. The Bertz CT molecular complexity index is 455. The van der Waals surface area contributed by atoms with Crippen molar-refractivity contribution >= 4 is 5.97 Å². The number of aliphatic carboxylic acids is 1. The number of benzene rings is 1. The molecule has 3 nitrogen and oxygen atoms in total.